The minimum atomic E-state index is -0.610. The van der Waals surface area contributed by atoms with Crippen LogP contribution in [0.4, 0.5) is 0 Å². The van der Waals surface area contributed by atoms with E-state index in [1.807, 2.05) is 56.3 Å². The fourth-order valence-electron chi connectivity index (χ4n) is 4.50. The SMILES string of the molecule is COc1ccc(COC(=O)[C@@H]2C(C)=NC3=C(C(=O)CCC3)[C@@H]2c2cccc(C)c2)cc1. The Morgan fingerprint density at radius 1 is 1.10 bits per heavy atom. The highest BCUT2D eigenvalue weighted by Crippen LogP contribution is 2.43. The summed E-state index contributed by atoms with van der Waals surface area (Å²) >= 11 is 0. The van der Waals surface area contributed by atoms with Crippen molar-refractivity contribution in [2.24, 2.45) is 10.9 Å². The Kier molecular flexibility index (Phi) is 6.03. The molecule has 31 heavy (non-hydrogen) atoms. The first-order valence-corrected chi connectivity index (χ1v) is 10.7. The summed E-state index contributed by atoms with van der Waals surface area (Å²) in [6.45, 7) is 4.04. The molecule has 2 atom stereocenters. The summed E-state index contributed by atoms with van der Waals surface area (Å²) in [7, 11) is 1.61. The van der Waals surface area contributed by atoms with E-state index in [0.29, 0.717) is 17.7 Å². The Bertz CT molecular complexity index is 1070. The molecule has 5 nitrogen and oxygen atoms in total. The number of ether oxygens (including phenoxy) is 2. The topological polar surface area (TPSA) is 65.0 Å². The summed E-state index contributed by atoms with van der Waals surface area (Å²) in [5, 5.41) is 0. The second kappa shape index (κ2) is 8.88. The number of aliphatic imine (C=N–C) groups is 1. The van der Waals surface area contributed by atoms with Crippen LogP contribution >= 0.6 is 0 Å². The molecule has 0 amide bonds. The number of hydrogen-bond donors (Lipinski definition) is 0. The lowest BCUT2D eigenvalue weighted by Crippen LogP contribution is -2.37. The average Bonchev–Trinajstić information content (AvgIpc) is 2.77. The molecule has 1 heterocycles. The Morgan fingerprint density at radius 3 is 2.58 bits per heavy atom. The summed E-state index contributed by atoms with van der Waals surface area (Å²) < 4.78 is 10.9. The number of allylic oxidation sites excluding steroid dienone is 2. The summed E-state index contributed by atoms with van der Waals surface area (Å²) in [5.74, 6) is -0.477. The van der Waals surface area contributed by atoms with Gasteiger partial charge in [-0.3, -0.25) is 14.6 Å². The summed E-state index contributed by atoms with van der Waals surface area (Å²) in [4.78, 5) is 30.9. The van der Waals surface area contributed by atoms with E-state index in [4.69, 9.17) is 14.5 Å². The van der Waals surface area contributed by atoms with E-state index in [2.05, 4.69) is 6.07 Å². The van der Waals surface area contributed by atoms with Crippen LogP contribution in [0.15, 0.2) is 64.8 Å². The zero-order valence-corrected chi connectivity index (χ0v) is 18.2. The largest absolute Gasteiger partial charge is 0.497 e. The first kappa shape index (κ1) is 21.0. The number of carbonyl (C=O) groups is 2. The van der Waals surface area contributed by atoms with Gasteiger partial charge in [-0.15, -0.1) is 0 Å². The van der Waals surface area contributed by atoms with Gasteiger partial charge in [0.1, 0.15) is 18.3 Å². The van der Waals surface area contributed by atoms with E-state index in [0.717, 1.165) is 41.0 Å². The number of carbonyl (C=O) groups excluding carboxylic acids is 2. The molecule has 0 fully saturated rings. The highest BCUT2D eigenvalue weighted by Gasteiger charge is 2.43. The van der Waals surface area contributed by atoms with Crippen molar-refractivity contribution in [3.8, 4) is 5.75 Å². The third-order valence-corrected chi connectivity index (χ3v) is 6.03. The maximum absolute atomic E-state index is 13.3. The molecule has 1 aliphatic heterocycles. The van der Waals surface area contributed by atoms with E-state index in [-0.39, 0.29) is 24.3 Å². The zero-order valence-electron chi connectivity index (χ0n) is 18.2. The van der Waals surface area contributed by atoms with Gasteiger partial charge in [0.25, 0.3) is 0 Å². The number of methoxy groups -OCH3 is 1. The maximum atomic E-state index is 13.3. The highest BCUT2D eigenvalue weighted by molar-refractivity contribution is 6.08. The normalized spacial score (nSPS) is 20.7. The summed E-state index contributed by atoms with van der Waals surface area (Å²) in [5.41, 5.74) is 5.16. The van der Waals surface area contributed by atoms with Gasteiger partial charge in [-0.25, -0.2) is 0 Å². The van der Waals surface area contributed by atoms with Gasteiger partial charge in [0.15, 0.2) is 5.78 Å². The molecule has 2 aromatic rings. The summed E-state index contributed by atoms with van der Waals surface area (Å²) in [6.07, 6.45) is 2.08. The van der Waals surface area contributed by atoms with Crippen molar-refractivity contribution in [2.75, 3.05) is 7.11 Å². The molecular weight excluding hydrogens is 390 g/mol. The van der Waals surface area contributed by atoms with Crippen LogP contribution in [0.1, 0.15) is 48.8 Å². The molecule has 0 radical (unpaired) electrons. The van der Waals surface area contributed by atoms with Crippen molar-refractivity contribution in [3.05, 3.63) is 76.5 Å². The molecule has 2 aliphatic rings. The Labute approximate surface area is 182 Å². The van der Waals surface area contributed by atoms with E-state index in [9.17, 15) is 9.59 Å². The Morgan fingerprint density at radius 2 is 1.87 bits per heavy atom. The lowest BCUT2D eigenvalue weighted by atomic mass is 9.71. The van der Waals surface area contributed by atoms with Crippen LogP contribution < -0.4 is 4.74 Å². The number of rotatable bonds is 5. The van der Waals surface area contributed by atoms with Gasteiger partial charge in [-0.2, -0.15) is 0 Å². The molecule has 0 saturated carbocycles. The van der Waals surface area contributed by atoms with Crippen molar-refractivity contribution in [3.63, 3.8) is 0 Å². The minimum Gasteiger partial charge on any atom is -0.497 e. The predicted octanol–water partition coefficient (Wildman–Crippen LogP) is 4.93. The Balaban J connectivity index is 1.65. The van der Waals surface area contributed by atoms with Crippen molar-refractivity contribution in [1.82, 2.24) is 0 Å². The van der Waals surface area contributed by atoms with Crippen LogP contribution in [0.25, 0.3) is 0 Å². The van der Waals surface area contributed by atoms with Gasteiger partial charge in [-0.1, -0.05) is 42.0 Å². The van der Waals surface area contributed by atoms with E-state index in [1.54, 1.807) is 7.11 Å². The second-order valence-electron chi connectivity index (χ2n) is 8.22. The predicted molar refractivity (Wildman–Crippen MR) is 119 cm³/mol. The first-order chi connectivity index (χ1) is 15.0. The highest BCUT2D eigenvalue weighted by atomic mass is 16.5. The van der Waals surface area contributed by atoms with Crippen LogP contribution in [-0.4, -0.2) is 24.6 Å². The quantitative estimate of drug-likeness (QED) is 0.647. The van der Waals surface area contributed by atoms with Crippen molar-refractivity contribution in [1.29, 1.82) is 0 Å². The summed E-state index contributed by atoms with van der Waals surface area (Å²) in [6, 6.07) is 15.5. The molecule has 2 aromatic carbocycles. The number of esters is 1. The molecule has 5 heteroatoms. The fourth-order valence-corrected chi connectivity index (χ4v) is 4.50. The molecular formula is C26H27NO4. The van der Waals surface area contributed by atoms with E-state index < -0.39 is 5.92 Å². The smallest absolute Gasteiger partial charge is 0.315 e. The van der Waals surface area contributed by atoms with Crippen LogP contribution in [0, 0.1) is 12.8 Å². The number of benzene rings is 2. The molecule has 0 N–H and O–H groups in total. The van der Waals surface area contributed by atoms with Crippen molar-refractivity contribution in [2.45, 2.75) is 45.6 Å². The minimum absolute atomic E-state index is 0.0944. The van der Waals surface area contributed by atoms with Gasteiger partial charge in [0.05, 0.1) is 7.11 Å². The van der Waals surface area contributed by atoms with E-state index in [1.165, 1.54) is 0 Å². The zero-order chi connectivity index (χ0) is 22.0. The Hall–Kier alpha value is -3.21. The monoisotopic (exact) mass is 417 g/mol. The second-order valence-corrected chi connectivity index (χ2v) is 8.22. The molecule has 160 valence electrons. The van der Waals surface area contributed by atoms with Gasteiger partial charge >= 0.3 is 5.97 Å². The molecule has 0 unspecified atom stereocenters. The maximum Gasteiger partial charge on any atom is 0.315 e. The molecule has 0 saturated heterocycles. The number of aryl methyl sites for hydroxylation is 1. The molecule has 0 bridgehead atoms. The van der Waals surface area contributed by atoms with Crippen LogP contribution in [0.2, 0.25) is 0 Å². The molecule has 4 rings (SSSR count). The lowest BCUT2D eigenvalue weighted by Gasteiger charge is -2.34. The van der Waals surface area contributed by atoms with Gasteiger partial charge in [0, 0.05) is 29.3 Å². The van der Waals surface area contributed by atoms with E-state index >= 15 is 0 Å². The average molecular weight is 418 g/mol. The lowest BCUT2D eigenvalue weighted by molar-refractivity contribution is -0.148. The molecule has 1 aliphatic carbocycles. The van der Waals surface area contributed by atoms with Crippen molar-refractivity contribution >= 4 is 17.5 Å². The van der Waals surface area contributed by atoms with Crippen molar-refractivity contribution < 1.29 is 19.1 Å². The van der Waals surface area contributed by atoms with Crippen LogP contribution in [0.5, 0.6) is 5.75 Å². The van der Waals surface area contributed by atoms with Gasteiger partial charge in [-0.05, 0) is 49.9 Å². The third kappa shape index (κ3) is 4.31. The first-order valence-electron chi connectivity index (χ1n) is 10.7. The standard InChI is InChI=1S/C26H27NO4/c1-16-6-4-7-19(14-16)24-23(17(2)27-21-8-5-9-22(28)25(21)24)26(29)31-15-18-10-12-20(30-3)13-11-18/h4,6-7,10-14,23-24H,5,8-9,15H2,1-3H3/t23-,24-/m1/s1. The van der Waals surface area contributed by atoms with Gasteiger partial charge in [0.2, 0.25) is 0 Å². The molecule has 0 aromatic heterocycles. The fraction of sp³-hybridized carbons (Fsp3) is 0.346. The van der Waals surface area contributed by atoms with Crippen LogP contribution in [0.3, 0.4) is 0 Å². The number of nitrogens with zero attached hydrogens (tertiary/aromatic N) is 1. The number of hydrogen-bond acceptors (Lipinski definition) is 5. The van der Waals surface area contributed by atoms with Gasteiger partial charge < -0.3 is 9.47 Å². The van der Waals surface area contributed by atoms with Crippen LogP contribution in [-0.2, 0) is 20.9 Å². The third-order valence-electron chi connectivity index (χ3n) is 6.03. The number of ketones is 1. The number of Topliss-reactive ketones (excluding diaryl/α,β-unsaturated/α-hetero) is 1. The molecule has 0 spiro atoms.